The quantitative estimate of drug-likeness (QED) is 0.807. The average Bonchev–Trinajstić information content (AvgIpc) is 2.43. The lowest BCUT2D eigenvalue weighted by atomic mass is 9.96. The summed E-state index contributed by atoms with van der Waals surface area (Å²) >= 11 is 6.18. The second kappa shape index (κ2) is 6.39. The number of pyridine rings is 1. The molecule has 0 N–H and O–H groups in total. The summed E-state index contributed by atoms with van der Waals surface area (Å²) < 4.78 is 5.78. The van der Waals surface area contributed by atoms with Gasteiger partial charge in [0.1, 0.15) is 11.0 Å². The fourth-order valence-corrected chi connectivity index (χ4v) is 1.91. The number of hydrogen-bond acceptors (Lipinski definition) is 4. The third-order valence-corrected chi connectivity index (χ3v) is 3.40. The predicted molar refractivity (Wildman–Crippen MR) is 83.9 cm³/mol. The molecule has 0 atom stereocenters. The molecule has 0 aliphatic carbocycles. The first kappa shape index (κ1) is 15.7. The number of halogens is 1. The van der Waals surface area contributed by atoms with Gasteiger partial charge in [0.2, 0.25) is 5.88 Å². The topological polar surface area (TPSA) is 47.9 Å². The summed E-state index contributed by atoms with van der Waals surface area (Å²) in [5.74, 6) is 1.24. The van der Waals surface area contributed by atoms with Crippen molar-refractivity contribution in [2.45, 2.75) is 39.5 Å². The maximum Gasteiger partial charge on any atom is 0.221 e. The van der Waals surface area contributed by atoms with E-state index < -0.39 is 0 Å². The van der Waals surface area contributed by atoms with Crippen LogP contribution in [0, 0.1) is 6.92 Å². The SMILES string of the molecule is Cc1c(Cl)nc(C(C)(C)C)nc1OCCc1ccccn1. The van der Waals surface area contributed by atoms with Crippen molar-refractivity contribution in [1.29, 1.82) is 0 Å². The Morgan fingerprint density at radius 1 is 1.19 bits per heavy atom. The minimum absolute atomic E-state index is 0.170. The van der Waals surface area contributed by atoms with Crippen molar-refractivity contribution in [3.05, 3.63) is 46.6 Å². The molecular weight excluding hydrogens is 286 g/mol. The van der Waals surface area contributed by atoms with Crippen molar-refractivity contribution < 1.29 is 4.74 Å². The van der Waals surface area contributed by atoms with Crippen LogP contribution in [0.25, 0.3) is 0 Å². The third-order valence-electron chi connectivity index (χ3n) is 3.04. The Kier molecular flexibility index (Phi) is 4.78. The summed E-state index contributed by atoms with van der Waals surface area (Å²) in [6, 6.07) is 5.84. The van der Waals surface area contributed by atoms with Crippen LogP contribution < -0.4 is 4.74 Å². The summed E-state index contributed by atoms with van der Waals surface area (Å²) in [6.07, 6.45) is 2.51. The molecule has 0 aromatic carbocycles. The summed E-state index contributed by atoms with van der Waals surface area (Å²) in [4.78, 5) is 13.1. The summed E-state index contributed by atoms with van der Waals surface area (Å²) in [7, 11) is 0. The van der Waals surface area contributed by atoms with Crippen molar-refractivity contribution in [1.82, 2.24) is 15.0 Å². The first-order valence-electron chi connectivity index (χ1n) is 6.95. The molecule has 0 amide bonds. The highest BCUT2D eigenvalue weighted by Gasteiger charge is 2.21. The molecule has 2 aromatic heterocycles. The minimum Gasteiger partial charge on any atom is -0.477 e. The summed E-state index contributed by atoms with van der Waals surface area (Å²) in [5.41, 5.74) is 1.59. The molecule has 0 aliphatic rings. The van der Waals surface area contributed by atoms with Crippen LogP contribution in [0.3, 0.4) is 0 Å². The lowest BCUT2D eigenvalue weighted by Gasteiger charge is -2.19. The monoisotopic (exact) mass is 305 g/mol. The summed E-state index contributed by atoms with van der Waals surface area (Å²) in [5, 5.41) is 0.447. The van der Waals surface area contributed by atoms with Crippen LogP contribution in [-0.4, -0.2) is 21.6 Å². The Balaban J connectivity index is 2.11. The zero-order valence-electron chi connectivity index (χ0n) is 12.9. The first-order chi connectivity index (χ1) is 9.88. The molecule has 0 spiro atoms. The van der Waals surface area contributed by atoms with Crippen LogP contribution in [-0.2, 0) is 11.8 Å². The van der Waals surface area contributed by atoms with Crippen molar-refractivity contribution in [3.8, 4) is 5.88 Å². The highest BCUT2D eigenvalue weighted by atomic mass is 35.5. The van der Waals surface area contributed by atoms with Crippen LogP contribution in [0.5, 0.6) is 5.88 Å². The fourth-order valence-electron chi connectivity index (χ4n) is 1.74. The largest absolute Gasteiger partial charge is 0.477 e. The van der Waals surface area contributed by atoms with Crippen LogP contribution in [0.1, 0.15) is 37.9 Å². The smallest absolute Gasteiger partial charge is 0.221 e. The van der Waals surface area contributed by atoms with Crippen LogP contribution in [0.4, 0.5) is 0 Å². The first-order valence-corrected chi connectivity index (χ1v) is 7.33. The molecule has 2 rings (SSSR count). The zero-order chi connectivity index (χ0) is 15.5. The molecular formula is C16H20ClN3O. The van der Waals surface area contributed by atoms with Gasteiger partial charge < -0.3 is 4.74 Å². The molecule has 0 aliphatic heterocycles. The molecule has 5 heteroatoms. The van der Waals surface area contributed by atoms with E-state index in [1.165, 1.54) is 0 Å². The van der Waals surface area contributed by atoms with Crippen LogP contribution >= 0.6 is 11.6 Å². The Morgan fingerprint density at radius 2 is 1.95 bits per heavy atom. The number of nitrogens with zero attached hydrogens (tertiary/aromatic N) is 3. The molecule has 112 valence electrons. The Morgan fingerprint density at radius 3 is 2.57 bits per heavy atom. The minimum atomic E-state index is -0.170. The van der Waals surface area contributed by atoms with E-state index >= 15 is 0 Å². The van der Waals surface area contributed by atoms with Gasteiger partial charge >= 0.3 is 0 Å². The van der Waals surface area contributed by atoms with E-state index in [-0.39, 0.29) is 5.41 Å². The zero-order valence-corrected chi connectivity index (χ0v) is 13.6. The molecule has 21 heavy (non-hydrogen) atoms. The van der Waals surface area contributed by atoms with Gasteiger partial charge in [-0.05, 0) is 19.1 Å². The Hall–Kier alpha value is -1.68. The number of rotatable bonds is 4. The van der Waals surface area contributed by atoms with Crippen molar-refractivity contribution in [2.24, 2.45) is 0 Å². The molecule has 2 heterocycles. The Bertz CT molecular complexity index is 609. The van der Waals surface area contributed by atoms with Gasteiger partial charge in [-0.2, -0.15) is 4.98 Å². The lowest BCUT2D eigenvalue weighted by Crippen LogP contribution is -2.18. The van der Waals surface area contributed by atoms with E-state index in [0.29, 0.717) is 23.5 Å². The Labute approximate surface area is 130 Å². The summed E-state index contributed by atoms with van der Waals surface area (Å²) in [6.45, 7) is 8.52. The van der Waals surface area contributed by atoms with Crippen molar-refractivity contribution >= 4 is 11.6 Å². The molecule has 0 fully saturated rings. The van der Waals surface area contributed by atoms with Crippen molar-refractivity contribution in [2.75, 3.05) is 6.61 Å². The highest BCUT2D eigenvalue weighted by Crippen LogP contribution is 2.27. The van der Waals surface area contributed by atoms with Crippen LogP contribution in [0.15, 0.2) is 24.4 Å². The highest BCUT2D eigenvalue weighted by molar-refractivity contribution is 6.30. The van der Waals surface area contributed by atoms with Crippen molar-refractivity contribution in [3.63, 3.8) is 0 Å². The van der Waals surface area contributed by atoms with Gasteiger partial charge in [0.05, 0.1) is 6.61 Å². The van der Waals surface area contributed by atoms with E-state index in [0.717, 1.165) is 17.7 Å². The third kappa shape index (κ3) is 4.14. The van der Waals surface area contributed by atoms with E-state index in [9.17, 15) is 0 Å². The van der Waals surface area contributed by atoms with E-state index in [4.69, 9.17) is 16.3 Å². The fraction of sp³-hybridized carbons (Fsp3) is 0.438. The second-order valence-corrected chi connectivity index (χ2v) is 6.30. The van der Waals surface area contributed by atoms with Crippen LogP contribution in [0.2, 0.25) is 5.15 Å². The van der Waals surface area contributed by atoms with Gasteiger partial charge in [0, 0.05) is 29.3 Å². The number of hydrogen-bond donors (Lipinski definition) is 0. The predicted octanol–water partition coefficient (Wildman–Crippen LogP) is 3.75. The van der Waals surface area contributed by atoms with Gasteiger partial charge in [-0.3, -0.25) is 4.98 Å². The normalized spacial score (nSPS) is 11.5. The number of aromatic nitrogens is 3. The lowest BCUT2D eigenvalue weighted by molar-refractivity contribution is 0.301. The molecule has 0 saturated heterocycles. The molecule has 0 bridgehead atoms. The average molecular weight is 306 g/mol. The molecule has 4 nitrogen and oxygen atoms in total. The van der Waals surface area contributed by atoms with E-state index in [2.05, 4.69) is 15.0 Å². The second-order valence-electron chi connectivity index (χ2n) is 5.94. The van der Waals surface area contributed by atoms with Gasteiger partial charge in [-0.25, -0.2) is 4.98 Å². The standard InChI is InChI=1S/C16H20ClN3O/c1-11-13(17)19-15(16(2,3)4)20-14(11)21-10-8-12-7-5-6-9-18-12/h5-7,9H,8,10H2,1-4H3. The molecule has 0 saturated carbocycles. The van der Waals surface area contributed by atoms with Gasteiger partial charge in [-0.15, -0.1) is 0 Å². The maximum atomic E-state index is 6.18. The van der Waals surface area contributed by atoms with Gasteiger partial charge in [0.25, 0.3) is 0 Å². The van der Waals surface area contributed by atoms with Gasteiger partial charge in [-0.1, -0.05) is 38.4 Å². The van der Waals surface area contributed by atoms with E-state index in [1.807, 2.05) is 45.9 Å². The molecule has 0 radical (unpaired) electrons. The number of ether oxygens (including phenoxy) is 1. The van der Waals surface area contributed by atoms with Gasteiger partial charge in [0.15, 0.2) is 0 Å². The molecule has 2 aromatic rings. The maximum absolute atomic E-state index is 6.18. The molecule has 0 unspecified atom stereocenters. The van der Waals surface area contributed by atoms with E-state index in [1.54, 1.807) is 6.20 Å².